The first-order valence-electron chi connectivity index (χ1n) is 8.86. The molecular weight excluding hydrogens is 392 g/mol. The van der Waals surface area contributed by atoms with Gasteiger partial charge in [-0.05, 0) is 42.8 Å². The van der Waals surface area contributed by atoms with Crippen LogP contribution in [0.3, 0.4) is 0 Å². The lowest BCUT2D eigenvalue weighted by molar-refractivity contribution is 0.411. The molecule has 0 aliphatic carbocycles. The Hall–Kier alpha value is -3.24. The SMILES string of the molecule is COc1ccc(S(=O)(=O)NCCNc2cc(Nc3ccccn3)ncn2)cc1C. The lowest BCUT2D eigenvalue weighted by Crippen LogP contribution is -2.29. The average Bonchev–Trinajstić information content (AvgIpc) is 2.72. The van der Waals surface area contributed by atoms with Crippen LogP contribution in [-0.4, -0.2) is 43.6 Å². The summed E-state index contributed by atoms with van der Waals surface area (Å²) >= 11 is 0. The van der Waals surface area contributed by atoms with Gasteiger partial charge in [0, 0.05) is 25.4 Å². The van der Waals surface area contributed by atoms with Gasteiger partial charge < -0.3 is 15.4 Å². The minimum atomic E-state index is -3.61. The van der Waals surface area contributed by atoms with Gasteiger partial charge in [-0.1, -0.05) is 6.07 Å². The molecule has 0 amide bonds. The number of hydrogen-bond donors (Lipinski definition) is 3. The Kier molecular flexibility index (Phi) is 6.57. The number of rotatable bonds is 9. The fourth-order valence-electron chi connectivity index (χ4n) is 2.57. The Morgan fingerprint density at radius 3 is 2.52 bits per heavy atom. The van der Waals surface area contributed by atoms with Crippen molar-refractivity contribution >= 4 is 27.5 Å². The molecule has 10 heteroatoms. The normalized spacial score (nSPS) is 11.1. The standard InChI is InChI=1S/C19H22N6O3S/c1-14-11-15(6-7-16(14)28-2)29(26,27)24-10-9-21-18-12-19(23-13-22-18)25-17-5-3-4-8-20-17/h3-8,11-13,24H,9-10H2,1-2H3,(H2,20,21,22,23,25). The van der Waals surface area contributed by atoms with Crippen LogP contribution in [-0.2, 0) is 10.0 Å². The summed E-state index contributed by atoms with van der Waals surface area (Å²) in [7, 11) is -2.06. The molecule has 0 aliphatic rings. The summed E-state index contributed by atoms with van der Waals surface area (Å²) in [5.74, 6) is 2.46. The predicted molar refractivity (Wildman–Crippen MR) is 111 cm³/mol. The maximum absolute atomic E-state index is 12.4. The number of nitrogens with one attached hydrogen (secondary N) is 3. The molecule has 0 unspecified atom stereocenters. The smallest absolute Gasteiger partial charge is 0.240 e. The second-order valence-corrected chi connectivity index (χ2v) is 7.85. The van der Waals surface area contributed by atoms with Crippen molar-refractivity contribution in [2.24, 2.45) is 0 Å². The zero-order valence-corrected chi connectivity index (χ0v) is 16.9. The molecule has 2 heterocycles. The fourth-order valence-corrected chi connectivity index (χ4v) is 3.68. The van der Waals surface area contributed by atoms with Crippen molar-refractivity contribution < 1.29 is 13.2 Å². The Balaban J connectivity index is 1.53. The summed E-state index contributed by atoms with van der Waals surface area (Å²) in [5.41, 5.74) is 0.752. The van der Waals surface area contributed by atoms with E-state index in [1.54, 1.807) is 38.4 Å². The fraction of sp³-hybridized carbons (Fsp3) is 0.211. The minimum Gasteiger partial charge on any atom is -0.496 e. The first-order chi connectivity index (χ1) is 14.0. The molecular formula is C19H22N6O3S. The highest BCUT2D eigenvalue weighted by atomic mass is 32.2. The van der Waals surface area contributed by atoms with Gasteiger partial charge in [0.15, 0.2) is 0 Å². The number of methoxy groups -OCH3 is 1. The van der Waals surface area contributed by atoms with Gasteiger partial charge in [-0.3, -0.25) is 0 Å². The Morgan fingerprint density at radius 2 is 1.79 bits per heavy atom. The van der Waals surface area contributed by atoms with Gasteiger partial charge in [-0.25, -0.2) is 28.1 Å². The molecule has 0 saturated heterocycles. The lowest BCUT2D eigenvalue weighted by Gasteiger charge is -2.11. The van der Waals surface area contributed by atoms with E-state index in [9.17, 15) is 8.42 Å². The van der Waals surface area contributed by atoms with Crippen LogP contribution in [0.4, 0.5) is 17.5 Å². The van der Waals surface area contributed by atoms with E-state index in [0.717, 1.165) is 5.56 Å². The lowest BCUT2D eigenvalue weighted by atomic mass is 10.2. The summed E-state index contributed by atoms with van der Waals surface area (Å²) in [4.78, 5) is 12.6. The maximum Gasteiger partial charge on any atom is 0.240 e. The zero-order chi connectivity index (χ0) is 20.7. The summed E-state index contributed by atoms with van der Waals surface area (Å²) in [5, 5.41) is 6.14. The second kappa shape index (κ2) is 9.30. The average molecular weight is 414 g/mol. The number of anilines is 3. The van der Waals surface area contributed by atoms with Crippen LogP contribution in [0.2, 0.25) is 0 Å². The molecule has 29 heavy (non-hydrogen) atoms. The molecule has 0 aliphatic heterocycles. The van der Waals surface area contributed by atoms with Crippen LogP contribution < -0.4 is 20.1 Å². The van der Waals surface area contributed by atoms with E-state index in [0.29, 0.717) is 29.7 Å². The number of aromatic nitrogens is 3. The van der Waals surface area contributed by atoms with Crippen LogP contribution in [0.25, 0.3) is 0 Å². The molecule has 0 saturated carbocycles. The van der Waals surface area contributed by atoms with Crippen molar-refractivity contribution in [1.82, 2.24) is 19.7 Å². The van der Waals surface area contributed by atoms with Gasteiger partial charge in [-0.2, -0.15) is 0 Å². The van der Waals surface area contributed by atoms with Gasteiger partial charge >= 0.3 is 0 Å². The maximum atomic E-state index is 12.4. The van der Waals surface area contributed by atoms with Crippen molar-refractivity contribution in [1.29, 1.82) is 0 Å². The van der Waals surface area contributed by atoms with E-state index in [4.69, 9.17) is 4.74 Å². The third kappa shape index (κ3) is 5.62. The summed E-state index contributed by atoms with van der Waals surface area (Å²) < 4.78 is 32.6. The number of nitrogens with zero attached hydrogens (tertiary/aromatic N) is 3. The Labute approximate surface area is 169 Å². The number of pyridine rings is 1. The molecule has 2 aromatic heterocycles. The first-order valence-corrected chi connectivity index (χ1v) is 10.3. The molecule has 0 bridgehead atoms. The molecule has 3 rings (SSSR count). The molecule has 0 atom stereocenters. The molecule has 3 N–H and O–H groups in total. The van der Waals surface area contributed by atoms with E-state index < -0.39 is 10.0 Å². The van der Waals surface area contributed by atoms with Gasteiger partial charge in [0.25, 0.3) is 0 Å². The van der Waals surface area contributed by atoms with E-state index in [1.165, 1.54) is 12.4 Å². The van der Waals surface area contributed by atoms with Gasteiger partial charge in [0.1, 0.15) is 29.5 Å². The van der Waals surface area contributed by atoms with E-state index >= 15 is 0 Å². The number of ether oxygens (including phenoxy) is 1. The second-order valence-electron chi connectivity index (χ2n) is 6.08. The quantitative estimate of drug-likeness (QED) is 0.457. The third-order valence-corrected chi connectivity index (χ3v) is 5.45. The van der Waals surface area contributed by atoms with Crippen LogP contribution in [0.15, 0.2) is 59.9 Å². The first kappa shape index (κ1) is 20.5. The highest BCUT2D eigenvalue weighted by Gasteiger charge is 2.14. The minimum absolute atomic E-state index is 0.194. The molecule has 1 aromatic carbocycles. The Bertz CT molecular complexity index is 1060. The highest BCUT2D eigenvalue weighted by molar-refractivity contribution is 7.89. The number of sulfonamides is 1. The molecule has 152 valence electrons. The molecule has 9 nitrogen and oxygen atoms in total. The van der Waals surface area contributed by atoms with Crippen LogP contribution in [0, 0.1) is 6.92 Å². The largest absolute Gasteiger partial charge is 0.496 e. The molecule has 0 spiro atoms. The highest BCUT2D eigenvalue weighted by Crippen LogP contribution is 2.21. The summed E-state index contributed by atoms with van der Waals surface area (Å²) in [6, 6.07) is 12.0. The van der Waals surface area contributed by atoms with E-state index in [-0.39, 0.29) is 11.4 Å². The van der Waals surface area contributed by atoms with Crippen molar-refractivity contribution in [2.75, 3.05) is 30.8 Å². The van der Waals surface area contributed by atoms with E-state index in [2.05, 4.69) is 30.3 Å². The number of hydrogen-bond acceptors (Lipinski definition) is 8. The van der Waals surface area contributed by atoms with Crippen LogP contribution >= 0.6 is 0 Å². The van der Waals surface area contributed by atoms with Crippen molar-refractivity contribution in [3.63, 3.8) is 0 Å². The number of benzene rings is 1. The van der Waals surface area contributed by atoms with Crippen LogP contribution in [0.1, 0.15) is 5.56 Å². The van der Waals surface area contributed by atoms with E-state index in [1.807, 2.05) is 18.2 Å². The number of aryl methyl sites for hydroxylation is 1. The van der Waals surface area contributed by atoms with Gasteiger partial charge in [-0.15, -0.1) is 0 Å². The van der Waals surface area contributed by atoms with Gasteiger partial charge in [0.05, 0.1) is 12.0 Å². The summed E-state index contributed by atoms with van der Waals surface area (Å²) in [6.45, 7) is 2.35. The third-order valence-electron chi connectivity index (χ3n) is 3.99. The van der Waals surface area contributed by atoms with Crippen LogP contribution in [0.5, 0.6) is 5.75 Å². The van der Waals surface area contributed by atoms with Crippen molar-refractivity contribution in [3.8, 4) is 5.75 Å². The molecule has 0 radical (unpaired) electrons. The van der Waals surface area contributed by atoms with Gasteiger partial charge in [0.2, 0.25) is 10.0 Å². The predicted octanol–water partition coefficient (Wildman–Crippen LogP) is 2.32. The summed E-state index contributed by atoms with van der Waals surface area (Å²) in [6.07, 6.45) is 3.09. The Morgan fingerprint density at radius 1 is 0.966 bits per heavy atom. The van der Waals surface area contributed by atoms with Crippen molar-refractivity contribution in [3.05, 3.63) is 60.6 Å². The molecule has 3 aromatic rings. The van der Waals surface area contributed by atoms with Crippen molar-refractivity contribution in [2.45, 2.75) is 11.8 Å². The monoisotopic (exact) mass is 414 g/mol. The zero-order valence-electron chi connectivity index (χ0n) is 16.1. The topological polar surface area (TPSA) is 118 Å². The molecule has 0 fully saturated rings.